The molecule has 38 heavy (non-hydrogen) atoms. The van der Waals surface area contributed by atoms with E-state index in [2.05, 4.69) is 39.2 Å². The van der Waals surface area contributed by atoms with Crippen LogP contribution in [0.25, 0.3) is 0 Å². The minimum Gasteiger partial charge on any atom is -0.496 e. The van der Waals surface area contributed by atoms with E-state index in [4.69, 9.17) is 9.16 Å². The number of carbonyl (C=O) groups excluding carboxylic acids is 2. The minimum absolute atomic E-state index is 0.0423. The number of halogens is 1. The average molecular weight is 542 g/mol. The molecule has 2 aliphatic rings. The number of benzene rings is 2. The van der Waals surface area contributed by atoms with Gasteiger partial charge in [0.05, 0.1) is 19.8 Å². The molecule has 2 aromatic carbocycles. The van der Waals surface area contributed by atoms with Gasteiger partial charge >= 0.3 is 0 Å². The first-order valence-corrected chi connectivity index (χ1v) is 16.1. The number of likely N-dealkylation sites (tertiary alicyclic amines) is 1. The zero-order chi connectivity index (χ0) is 28.0. The number of amides is 2. The molecule has 1 saturated heterocycles. The fraction of sp³-hybridized carbons (Fsp3) is 0.517. The summed E-state index contributed by atoms with van der Waals surface area (Å²) in [7, 11) is 2.95. The number of methoxy groups -OCH3 is 1. The zero-order valence-electron chi connectivity index (χ0n) is 23.8. The summed E-state index contributed by atoms with van der Waals surface area (Å²) in [6, 6.07) is 9.49. The van der Waals surface area contributed by atoms with E-state index in [-0.39, 0.29) is 16.9 Å². The molecular weight excluding hydrogens is 501 g/mol. The van der Waals surface area contributed by atoms with Crippen LogP contribution in [0.3, 0.4) is 0 Å². The molecule has 1 unspecified atom stereocenters. The Balaban J connectivity index is 1.92. The summed E-state index contributed by atoms with van der Waals surface area (Å²) in [6.07, 6.45) is 1.34. The smallest absolute Gasteiger partial charge is 0.254 e. The molecule has 1 fully saturated rings. The molecule has 1 N–H and O–H groups in total. The van der Waals surface area contributed by atoms with Crippen molar-refractivity contribution in [3.05, 3.63) is 58.9 Å². The van der Waals surface area contributed by atoms with Crippen molar-refractivity contribution < 1.29 is 23.1 Å². The van der Waals surface area contributed by atoms with Crippen LogP contribution in [0, 0.1) is 5.82 Å². The molecule has 0 bridgehead atoms. The molecule has 0 saturated carbocycles. The van der Waals surface area contributed by atoms with Gasteiger partial charge in [-0.15, -0.1) is 0 Å². The highest BCUT2D eigenvalue weighted by atomic mass is 28.4. The van der Waals surface area contributed by atoms with Crippen molar-refractivity contribution in [1.82, 2.24) is 9.80 Å². The van der Waals surface area contributed by atoms with Crippen molar-refractivity contribution >= 4 is 25.8 Å². The summed E-state index contributed by atoms with van der Waals surface area (Å²) in [5, 5.41) is 3.02. The molecule has 4 rings (SSSR count). The standard InChI is InChI=1S/C29H40FN3O4Si/c1-28(2,3)38(7,8)37-18-19-11-14-25(36-6)22(16-19)29(33-15-9-10-24(33)26(34)32(4)5)21-17-20(30)12-13-23(21)31-27(29)35/h11-14,16-17,24H,9-10,15,18H2,1-8H3,(H,31,35)/t24-,29?/m0/s1. The van der Waals surface area contributed by atoms with Crippen molar-refractivity contribution in [2.45, 2.75) is 69.9 Å². The van der Waals surface area contributed by atoms with Gasteiger partial charge in [0, 0.05) is 37.5 Å². The van der Waals surface area contributed by atoms with Gasteiger partial charge in [-0.2, -0.15) is 0 Å². The topological polar surface area (TPSA) is 71.1 Å². The molecule has 2 amide bonds. The van der Waals surface area contributed by atoms with Gasteiger partial charge in [-0.1, -0.05) is 26.8 Å². The highest BCUT2D eigenvalue weighted by Crippen LogP contribution is 2.51. The highest BCUT2D eigenvalue weighted by Gasteiger charge is 2.58. The van der Waals surface area contributed by atoms with Gasteiger partial charge in [0.1, 0.15) is 11.6 Å². The van der Waals surface area contributed by atoms with Gasteiger partial charge in [-0.3, -0.25) is 14.5 Å². The van der Waals surface area contributed by atoms with Crippen molar-refractivity contribution in [3.8, 4) is 5.75 Å². The largest absolute Gasteiger partial charge is 0.496 e. The van der Waals surface area contributed by atoms with Crippen LogP contribution in [-0.4, -0.2) is 63.7 Å². The second kappa shape index (κ2) is 10.1. The van der Waals surface area contributed by atoms with E-state index in [1.807, 2.05) is 23.1 Å². The monoisotopic (exact) mass is 541 g/mol. The fourth-order valence-electron chi connectivity index (χ4n) is 5.30. The van der Waals surface area contributed by atoms with Crippen molar-refractivity contribution in [1.29, 1.82) is 0 Å². The summed E-state index contributed by atoms with van der Waals surface area (Å²) < 4.78 is 27.1. The Labute approximate surface area is 226 Å². The molecule has 2 aliphatic heterocycles. The van der Waals surface area contributed by atoms with Crippen LogP contribution in [0.4, 0.5) is 10.1 Å². The third-order valence-corrected chi connectivity index (χ3v) is 12.9. The van der Waals surface area contributed by atoms with Gasteiger partial charge in [0.2, 0.25) is 5.91 Å². The van der Waals surface area contributed by atoms with Crippen LogP contribution in [-0.2, 0) is 26.2 Å². The Bertz CT molecular complexity index is 1240. The summed E-state index contributed by atoms with van der Waals surface area (Å²) in [5.41, 5.74) is 1.04. The lowest BCUT2D eigenvalue weighted by Gasteiger charge is -2.42. The number of rotatable bonds is 7. The Hall–Kier alpha value is -2.75. The van der Waals surface area contributed by atoms with Crippen molar-refractivity contribution in [3.63, 3.8) is 0 Å². The molecule has 2 aromatic rings. The second-order valence-corrected chi connectivity index (χ2v) is 16.8. The maximum Gasteiger partial charge on any atom is 0.254 e. The van der Waals surface area contributed by atoms with Crippen LogP contribution in [0.1, 0.15) is 50.3 Å². The van der Waals surface area contributed by atoms with E-state index in [0.29, 0.717) is 42.1 Å². The molecule has 0 aliphatic carbocycles. The van der Waals surface area contributed by atoms with Gasteiger partial charge in [-0.05, 0) is 66.9 Å². The van der Waals surface area contributed by atoms with Crippen molar-refractivity contribution in [2.24, 2.45) is 0 Å². The van der Waals surface area contributed by atoms with E-state index in [0.717, 1.165) is 12.0 Å². The van der Waals surface area contributed by atoms with Crippen LogP contribution >= 0.6 is 0 Å². The average Bonchev–Trinajstić information content (AvgIpc) is 3.43. The van der Waals surface area contributed by atoms with Gasteiger partial charge < -0.3 is 19.4 Å². The molecule has 0 radical (unpaired) electrons. The van der Waals surface area contributed by atoms with Gasteiger partial charge in [0.25, 0.3) is 5.91 Å². The zero-order valence-corrected chi connectivity index (χ0v) is 24.8. The van der Waals surface area contributed by atoms with Crippen molar-refractivity contribution in [2.75, 3.05) is 33.1 Å². The van der Waals surface area contributed by atoms with E-state index in [1.165, 1.54) is 12.1 Å². The Morgan fingerprint density at radius 3 is 2.53 bits per heavy atom. The lowest BCUT2D eigenvalue weighted by Crippen LogP contribution is -2.57. The quantitative estimate of drug-likeness (QED) is 0.494. The first-order chi connectivity index (χ1) is 17.7. The Kier molecular flexibility index (Phi) is 7.50. The summed E-state index contributed by atoms with van der Waals surface area (Å²) in [5.74, 6) is -0.361. The molecule has 9 heteroatoms. The molecule has 2 atom stereocenters. The number of nitrogens with one attached hydrogen (secondary N) is 1. The molecule has 0 spiro atoms. The molecule has 206 valence electrons. The summed E-state index contributed by atoms with van der Waals surface area (Å²) in [6.45, 7) is 11.8. The Morgan fingerprint density at radius 2 is 1.89 bits per heavy atom. The normalized spacial score (nSPS) is 21.8. The number of hydrogen-bond donors (Lipinski definition) is 1. The molecular formula is C29H40FN3O4Si. The maximum absolute atomic E-state index is 14.8. The number of nitrogens with zero attached hydrogens (tertiary/aromatic N) is 2. The van der Waals surface area contributed by atoms with Gasteiger partial charge in [-0.25, -0.2) is 4.39 Å². The third-order valence-electron chi connectivity index (χ3n) is 8.42. The summed E-state index contributed by atoms with van der Waals surface area (Å²) in [4.78, 5) is 31.0. The summed E-state index contributed by atoms with van der Waals surface area (Å²) >= 11 is 0. The SMILES string of the molecule is COc1ccc(CO[Si](C)(C)C(C)(C)C)cc1C1(N2CCC[C@H]2C(=O)N(C)C)C(=O)Nc2ccc(F)cc21. The fourth-order valence-corrected chi connectivity index (χ4v) is 6.26. The molecule has 7 nitrogen and oxygen atoms in total. The lowest BCUT2D eigenvalue weighted by atomic mass is 9.80. The van der Waals surface area contributed by atoms with Crippen LogP contribution < -0.4 is 10.1 Å². The highest BCUT2D eigenvalue weighted by molar-refractivity contribution is 6.74. The third kappa shape index (κ3) is 4.65. The predicted octanol–water partition coefficient (Wildman–Crippen LogP) is 5.10. The number of anilines is 1. The lowest BCUT2D eigenvalue weighted by molar-refractivity contribution is -0.138. The van der Waals surface area contributed by atoms with E-state index in [1.54, 1.807) is 32.2 Å². The molecule has 2 heterocycles. The number of likely N-dealkylation sites (N-methyl/N-ethyl adjacent to an activating group) is 1. The van der Waals surface area contributed by atoms with E-state index in [9.17, 15) is 14.0 Å². The Morgan fingerprint density at radius 1 is 1.18 bits per heavy atom. The van der Waals surface area contributed by atoms with E-state index >= 15 is 0 Å². The maximum atomic E-state index is 14.8. The van der Waals surface area contributed by atoms with Crippen LogP contribution in [0.2, 0.25) is 18.1 Å². The molecule has 0 aromatic heterocycles. The number of fused-ring (bicyclic) bond motifs is 1. The van der Waals surface area contributed by atoms with Crippen LogP contribution in [0.15, 0.2) is 36.4 Å². The predicted molar refractivity (Wildman–Crippen MR) is 149 cm³/mol. The number of carbonyl (C=O) groups is 2. The van der Waals surface area contributed by atoms with Gasteiger partial charge in [0.15, 0.2) is 13.9 Å². The van der Waals surface area contributed by atoms with Crippen LogP contribution in [0.5, 0.6) is 5.75 Å². The second-order valence-electron chi connectivity index (χ2n) is 12.0. The van der Waals surface area contributed by atoms with E-state index < -0.39 is 25.7 Å². The number of hydrogen-bond acceptors (Lipinski definition) is 5. The first-order valence-electron chi connectivity index (χ1n) is 13.1. The minimum atomic E-state index is -2.04. The number of ether oxygens (including phenoxy) is 1. The first kappa shape index (κ1) is 28.3.